The second kappa shape index (κ2) is 5.53. The van der Waals surface area contributed by atoms with E-state index in [0.717, 1.165) is 24.0 Å². The summed E-state index contributed by atoms with van der Waals surface area (Å²) in [6.45, 7) is 8.39. The average Bonchev–Trinajstić information content (AvgIpc) is 2.66. The molecule has 2 rings (SSSR count). The first-order valence-electron chi connectivity index (χ1n) is 6.86. The number of nitrogens with one attached hydrogen (secondary N) is 1. The Morgan fingerprint density at radius 3 is 2.70 bits per heavy atom. The zero-order chi connectivity index (χ0) is 14.8. The van der Waals surface area contributed by atoms with E-state index in [4.69, 9.17) is 4.74 Å². The SMILES string of the molecule is CCCn1c(NC(=O)OC(C)(C)C)nc2ccccc21. The number of aryl methyl sites for hydroxylation is 1. The van der Waals surface area contributed by atoms with Gasteiger partial charge in [-0.1, -0.05) is 19.1 Å². The molecular formula is C15H21N3O2. The van der Waals surface area contributed by atoms with Crippen molar-refractivity contribution in [1.82, 2.24) is 9.55 Å². The fourth-order valence-corrected chi connectivity index (χ4v) is 2.02. The first-order valence-corrected chi connectivity index (χ1v) is 6.86. The molecule has 1 aromatic carbocycles. The molecule has 0 fully saturated rings. The maximum Gasteiger partial charge on any atom is 0.414 e. The van der Waals surface area contributed by atoms with E-state index < -0.39 is 11.7 Å². The summed E-state index contributed by atoms with van der Waals surface area (Å²) in [6.07, 6.45) is 0.480. The van der Waals surface area contributed by atoms with Gasteiger partial charge in [0.1, 0.15) is 5.60 Å². The molecule has 0 bridgehead atoms. The van der Waals surface area contributed by atoms with Crippen molar-refractivity contribution in [3.05, 3.63) is 24.3 Å². The molecule has 5 nitrogen and oxygen atoms in total. The van der Waals surface area contributed by atoms with Crippen molar-refractivity contribution in [3.8, 4) is 0 Å². The molecule has 0 spiro atoms. The van der Waals surface area contributed by atoms with Crippen LogP contribution < -0.4 is 5.32 Å². The van der Waals surface area contributed by atoms with Crippen LogP contribution in [0.1, 0.15) is 34.1 Å². The van der Waals surface area contributed by atoms with E-state index in [1.165, 1.54) is 0 Å². The van der Waals surface area contributed by atoms with Gasteiger partial charge < -0.3 is 9.30 Å². The second-order valence-corrected chi connectivity index (χ2v) is 5.70. The van der Waals surface area contributed by atoms with Crippen molar-refractivity contribution in [2.75, 3.05) is 5.32 Å². The third-order valence-electron chi connectivity index (χ3n) is 2.71. The van der Waals surface area contributed by atoms with E-state index in [1.54, 1.807) is 0 Å². The van der Waals surface area contributed by atoms with Crippen LogP contribution in [0.5, 0.6) is 0 Å². The van der Waals surface area contributed by atoms with Crippen LogP contribution in [-0.2, 0) is 11.3 Å². The van der Waals surface area contributed by atoms with Gasteiger partial charge in [0, 0.05) is 6.54 Å². The minimum atomic E-state index is -0.522. The minimum absolute atomic E-state index is 0.481. The van der Waals surface area contributed by atoms with Gasteiger partial charge in [-0.2, -0.15) is 0 Å². The van der Waals surface area contributed by atoms with Gasteiger partial charge >= 0.3 is 6.09 Å². The van der Waals surface area contributed by atoms with Crippen LogP contribution in [0.15, 0.2) is 24.3 Å². The summed E-state index contributed by atoms with van der Waals surface area (Å²) in [6, 6.07) is 7.83. The Kier molecular flexibility index (Phi) is 3.97. The molecule has 0 saturated carbocycles. The average molecular weight is 275 g/mol. The highest BCUT2D eigenvalue weighted by atomic mass is 16.6. The van der Waals surface area contributed by atoms with Gasteiger partial charge in [0.05, 0.1) is 11.0 Å². The molecule has 1 heterocycles. The number of aromatic nitrogens is 2. The summed E-state index contributed by atoms with van der Waals surface area (Å²) < 4.78 is 7.27. The lowest BCUT2D eigenvalue weighted by molar-refractivity contribution is 0.0634. The van der Waals surface area contributed by atoms with E-state index in [9.17, 15) is 4.79 Å². The predicted octanol–water partition coefficient (Wildman–Crippen LogP) is 3.79. The topological polar surface area (TPSA) is 56.2 Å². The molecule has 1 N–H and O–H groups in total. The van der Waals surface area contributed by atoms with E-state index in [0.29, 0.717) is 5.95 Å². The summed E-state index contributed by atoms with van der Waals surface area (Å²) in [4.78, 5) is 16.3. The monoisotopic (exact) mass is 275 g/mol. The molecule has 0 aliphatic heterocycles. The Labute approximate surface area is 118 Å². The molecule has 1 aromatic heterocycles. The van der Waals surface area contributed by atoms with Crippen molar-refractivity contribution in [1.29, 1.82) is 0 Å². The number of para-hydroxylation sites is 2. The number of ether oxygens (including phenoxy) is 1. The lowest BCUT2D eigenvalue weighted by Crippen LogP contribution is -2.28. The van der Waals surface area contributed by atoms with Gasteiger partial charge in [0.25, 0.3) is 0 Å². The van der Waals surface area contributed by atoms with Crippen LogP contribution in [0.2, 0.25) is 0 Å². The van der Waals surface area contributed by atoms with Crippen LogP contribution in [0, 0.1) is 0 Å². The van der Waals surface area contributed by atoms with E-state index in [2.05, 4.69) is 17.2 Å². The summed E-state index contributed by atoms with van der Waals surface area (Å²) in [5.41, 5.74) is 1.36. The number of hydrogen-bond donors (Lipinski definition) is 1. The summed E-state index contributed by atoms with van der Waals surface area (Å²) in [7, 11) is 0. The van der Waals surface area contributed by atoms with Gasteiger partial charge in [-0.15, -0.1) is 0 Å². The molecule has 0 saturated heterocycles. The zero-order valence-corrected chi connectivity index (χ0v) is 12.4. The van der Waals surface area contributed by atoms with Crippen LogP contribution in [-0.4, -0.2) is 21.2 Å². The molecule has 0 aliphatic carbocycles. The fraction of sp³-hybridized carbons (Fsp3) is 0.467. The van der Waals surface area contributed by atoms with Gasteiger partial charge in [-0.05, 0) is 39.3 Å². The molecule has 0 unspecified atom stereocenters. The second-order valence-electron chi connectivity index (χ2n) is 5.70. The Balaban J connectivity index is 2.29. The van der Waals surface area contributed by atoms with Crippen LogP contribution in [0.3, 0.4) is 0 Å². The molecule has 0 atom stereocenters. The number of hydrogen-bond acceptors (Lipinski definition) is 3. The van der Waals surface area contributed by atoms with E-state index >= 15 is 0 Å². The number of fused-ring (bicyclic) bond motifs is 1. The molecular weight excluding hydrogens is 254 g/mol. The van der Waals surface area contributed by atoms with Crippen LogP contribution in [0.25, 0.3) is 11.0 Å². The fourth-order valence-electron chi connectivity index (χ4n) is 2.02. The summed E-state index contributed by atoms with van der Waals surface area (Å²) in [5.74, 6) is 0.530. The van der Waals surface area contributed by atoms with Gasteiger partial charge in [-0.3, -0.25) is 5.32 Å². The number of rotatable bonds is 3. The number of benzene rings is 1. The molecule has 1 amide bonds. The highest BCUT2D eigenvalue weighted by Gasteiger charge is 2.19. The molecule has 20 heavy (non-hydrogen) atoms. The van der Waals surface area contributed by atoms with Crippen molar-refractivity contribution in [3.63, 3.8) is 0 Å². The molecule has 2 aromatic rings. The first-order chi connectivity index (χ1) is 9.40. The quantitative estimate of drug-likeness (QED) is 0.927. The van der Waals surface area contributed by atoms with Gasteiger partial charge in [-0.25, -0.2) is 9.78 Å². The van der Waals surface area contributed by atoms with Gasteiger partial charge in [0.15, 0.2) is 0 Å². The van der Waals surface area contributed by atoms with Crippen LogP contribution in [0.4, 0.5) is 10.7 Å². The van der Waals surface area contributed by atoms with E-state index in [1.807, 2.05) is 49.6 Å². The van der Waals surface area contributed by atoms with Crippen molar-refractivity contribution in [2.45, 2.75) is 46.3 Å². The highest BCUT2D eigenvalue weighted by molar-refractivity contribution is 5.87. The Hall–Kier alpha value is -2.04. The molecule has 0 radical (unpaired) electrons. The number of carbonyl (C=O) groups excluding carboxylic acids is 1. The summed E-state index contributed by atoms with van der Waals surface area (Å²) in [5, 5.41) is 2.73. The highest BCUT2D eigenvalue weighted by Crippen LogP contribution is 2.20. The van der Waals surface area contributed by atoms with Gasteiger partial charge in [0.2, 0.25) is 5.95 Å². The molecule has 0 aliphatic rings. The zero-order valence-electron chi connectivity index (χ0n) is 12.4. The third-order valence-corrected chi connectivity index (χ3v) is 2.71. The number of anilines is 1. The Morgan fingerprint density at radius 2 is 2.05 bits per heavy atom. The number of nitrogens with zero attached hydrogens (tertiary/aromatic N) is 2. The molecule has 108 valence electrons. The van der Waals surface area contributed by atoms with Crippen molar-refractivity contribution < 1.29 is 9.53 Å². The minimum Gasteiger partial charge on any atom is -0.444 e. The van der Waals surface area contributed by atoms with Crippen molar-refractivity contribution >= 4 is 23.1 Å². The predicted molar refractivity (Wildman–Crippen MR) is 79.9 cm³/mol. The normalized spacial score (nSPS) is 11.6. The lowest BCUT2D eigenvalue weighted by Gasteiger charge is -2.19. The standard InChI is InChI=1S/C15H21N3O2/c1-5-10-18-12-9-7-6-8-11(12)16-13(18)17-14(19)20-15(2,3)4/h6-9H,5,10H2,1-4H3,(H,16,17,19). The smallest absolute Gasteiger partial charge is 0.414 e. The maximum atomic E-state index is 11.9. The lowest BCUT2D eigenvalue weighted by atomic mass is 10.2. The number of amides is 1. The Bertz CT molecular complexity index is 611. The van der Waals surface area contributed by atoms with E-state index in [-0.39, 0.29) is 0 Å². The third kappa shape index (κ3) is 3.29. The summed E-state index contributed by atoms with van der Waals surface area (Å²) >= 11 is 0. The van der Waals surface area contributed by atoms with Crippen molar-refractivity contribution in [2.24, 2.45) is 0 Å². The Morgan fingerprint density at radius 1 is 1.35 bits per heavy atom. The number of imidazole rings is 1. The van der Waals surface area contributed by atoms with Crippen LogP contribution >= 0.6 is 0 Å². The maximum absolute atomic E-state index is 11.9. The first kappa shape index (κ1) is 14.4. The number of carbonyl (C=O) groups is 1. The molecule has 5 heteroatoms. The largest absolute Gasteiger partial charge is 0.444 e.